The third-order valence-electron chi connectivity index (χ3n) is 4.85. The number of nitrogens with zero attached hydrogens (tertiary/aromatic N) is 3. The first-order valence-electron chi connectivity index (χ1n) is 9.99. The van der Waals surface area contributed by atoms with Crippen LogP contribution in [0.25, 0.3) is 11.3 Å². The van der Waals surface area contributed by atoms with Gasteiger partial charge in [-0.1, -0.05) is 32.9 Å². The summed E-state index contributed by atoms with van der Waals surface area (Å²) in [6.07, 6.45) is -4.29. The maximum absolute atomic E-state index is 12.8. The minimum Gasteiger partial charge on any atom is -0.428 e. The molecule has 0 saturated carbocycles. The highest BCUT2D eigenvalue weighted by Crippen LogP contribution is 2.31. The normalized spacial score (nSPS) is 12.8. The van der Waals surface area contributed by atoms with Crippen molar-refractivity contribution >= 4 is 11.8 Å². The fourth-order valence-electron chi connectivity index (χ4n) is 2.92. The number of nitroso groups, excluding NO2 is 1. The maximum atomic E-state index is 12.8. The van der Waals surface area contributed by atoms with Gasteiger partial charge in [0.15, 0.2) is 0 Å². The lowest BCUT2D eigenvalue weighted by molar-refractivity contribution is -0.137. The number of hydrogen-bond donors (Lipinski definition) is 0. The Morgan fingerprint density at radius 2 is 1.67 bits per heavy atom. The van der Waals surface area contributed by atoms with Crippen LogP contribution < -0.4 is 4.74 Å². The average molecular weight is 461 g/mol. The predicted molar refractivity (Wildman–Crippen MR) is 115 cm³/mol. The molecule has 174 valence electrons. The van der Waals surface area contributed by atoms with Crippen molar-refractivity contribution < 1.29 is 27.4 Å². The van der Waals surface area contributed by atoms with Gasteiger partial charge in [0.05, 0.1) is 17.8 Å². The molecule has 0 aliphatic heterocycles. The summed E-state index contributed by atoms with van der Waals surface area (Å²) in [7, 11) is 0. The molecule has 0 saturated heterocycles. The first-order valence-corrected chi connectivity index (χ1v) is 9.99. The van der Waals surface area contributed by atoms with Crippen LogP contribution in [-0.2, 0) is 17.5 Å². The van der Waals surface area contributed by atoms with Gasteiger partial charge >= 0.3 is 12.3 Å². The fraction of sp³-hybridized carbons (Fsp3) is 0.304. The largest absolute Gasteiger partial charge is 0.514 e. The molecule has 0 bridgehead atoms. The zero-order valence-electron chi connectivity index (χ0n) is 18.2. The molecular formula is C23H22F3N3O4. The van der Waals surface area contributed by atoms with Gasteiger partial charge in [0, 0.05) is 17.2 Å². The number of carbonyl (C=O) groups excluding carboxylic acids is 1. The van der Waals surface area contributed by atoms with Gasteiger partial charge in [-0.15, -0.1) is 4.91 Å². The molecule has 3 rings (SSSR count). The Hall–Kier alpha value is -3.69. The molecule has 0 fully saturated rings. The van der Waals surface area contributed by atoms with E-state index in [-0.39, 0.29) is 18.0 Å². The van der Waals surface area contributed by atoms with Crippen LogP contribution in [0.1, 0.15) is 26.3 Å². The monoisotopic (exact) mass is 461 g/mol. The first kappa shape index (κ1) is 24.0. The Morgan fingerprint density at radius 3 is 2.21 bits per heavy atom. The Bertz CT molecular complexity index is 1100. The van der Waals surface area contributed by atoms with E-state index in [9.17, 15) is 22.9 Å². The van der Waals surface area contributed by atoms with Crippen molar-refractivity contribution in [2.24, 2.45) is 10.6 Å². The van der Waals surface area contributed by atoms with E-state index in [1.54, 1.807) is 16.9 Å². The molecule has 3 aromatic rings. The SMILES string of the molecule is CC(C)(C)[C@@H](Cn1ccc(-c2ccc(C(F)(F)F)cc2)n1)OC(=O)Oc1ccc(N=O)cc1. The number of benzene rings is 2. The summed E-state index contributed by atoms with van der Waals surface area (Å²) >= 11 is 0. The molecule has 1 aromatic heterocycles. The molecular weight excluding hydrogens is 439 g/mol. The molecule has 1 heterocycles. The molecule has 0 aliphatic carbocycles. The smallest absolute Gasteiger partial charge is 0.428 e. The molecule has 0 N–H and O–H groups in total. The second kappa shape index (κ2) is 9.43. The van der Waals surface area contributed by atoms with E-state index < -0.39 is 29.4 Å². The zero-order valence-corrected chi connectivity index (χ0v) is 18.2. The second-order valence-corrected chi connectivity index (χ2v) is 8.41. The van der Waals surface area contributed by atoms with Crippen LogP contribution in [0.5, 0.6) is 5.75 Å². The molecule has 0 amide bonds. The lowest BCUT2D eigenvalue weighted by Crippen LogP contribution is -2.36. The maximum Gasteiger partial charge on any atom is 0.514 e. The molecule has 1 atom stereocenters. The number of carbonyl (C=O) groups is 1. The summed E-state index contributed by atoms with van der Waals surface area (Å²) in [6.45, 7) is 5.86. The number of rotatable bonds is 6. The highest BCUT2D eigenvalue weighted by atomic mass is 19.4. The van der Waals surface area contributed by atoms with Gasteiger partial charge in [0.1, 0.15) is 17.5 Å². The number of aromatic nitrogens is 2. The standard InChI is InChI=1S/C23H22F3N3O4/c1-22(2,3)20(33-21(30)32-18-10-8-17(28-31)9-11-18)14-29-13-12-19(27-29)15-4-6-16(7-5-15)23(24,25)26/h4-13,20H,14H2,1-3H3/t20-/m1/s1. The lowest BCUT2D eigenvalue weighted by Gasteiger charge is -2.29. The van der Waals surface area contributed by atoms with E-state index in [1.165, 1.54) is 36.4 Å². The zero-order chi connectivity index (χ0) is 24.2. The summed E-state index contributed by atoms with van der Waals surface area (Å²) in [6, 6.07) is 12.1. The van der Waals surface area contributed by atoms with Crippen molar-refractivity contribution in [1.82, 2.24) is 9.78 Å². The van der Waals surface area contributed by atoms with Crippen LogP contribution >= 0.6 is 0 Å². The Labute approximate surface area is 188 Å². The van der Waals surface area contributed by atoms with Crippen molar-refractivity contribution in [2.75, 3.05) is 0 Å². The highest BCUT2D eigenvalue weighted by molar-refractivity contribution is 5.64. The highest BCUT2D eigenvalue weighted by Gasteiger charge is 2.31. The molecule has 0 radical (unpaired) electrons. The molecule has 0 unspecified atom stereocenters. The Morgan fingerprint density at radius 1 is 1.03 bits per heavy atom. The van der Waals surface area contributed by atoms with Crippen LogP contribution in [0.2, 0.25) is 0 Å². The number of hydrogen-bond acceptors (Lipinski definition) is 6. The lowest BCUT2D eigenvalue weighted by atomic mass is 9.89. The summed E-state index contributed by atoms with van der Waals surface area (Å²) < 4.78 is 50.5. The number of ether oxygens (including phenoxy) is 2. The van der Waals surface area contributed by atoms with Crippen molar-refractivity contribution in [3.8, 4) is 17.0 Å². The molecule has 2 aromatic carbocycles. The van der Waals surface area contributed by atoms with E-state index in [0.717, 1.165) is 12.1 Å². The summed E-state index contributed by atoms with van der Waals surface area (Å²) in [5, 5.41) is 7.18. The predicted octanol–water partition coefficient (Wildman–Crippen LogP) is 6.60. The van der Waals surface area contributed by atoms with Crippen LogP contribution in [0.4, 0.5) is 23.7 Å². The third kappa shape index (κ3) is 6.41. The van der Waals surface area contributed by atoms with Gasteiger partial charge in [-0.25, -0.2) is 4.79 Å². The third-order valence-corrected chi connectivity index (χ3v) is 4.85. The molecule has 0 aliphatic rings. The fourth-order valence-corrected chi connectivity index (χ4v) is 2.92. The van der Waals surface area contributed by atoms with Crippen molar-refractivity contribution in [3.05, 3.63) is 71.3 Å². The van der Waals surface area contributed by atoms with Crippen molar-refractivity contribution in [1.29, 1.82) is 0 Å². The van der Waals surface area contributed by atoms with Crippen LogP contribution in [0, 0.1) is 10.3 Å². The van der Waals surface area contributed by atoms with Crippen molar-refractivity contribution in [2.45, 2.75) is 39.6 Å². The van der Waals surface area contributed by atoms with Crippen LogP contribution in [-0.4, -0.2) is 22.0 Å². The number of alkyl halides is 3. The van der Waals surface area contributed by atoms with E-state index in [4.69, 9.17) is 9.47 Å². The molecule has 7 nitrogen and oxygen atoms in total. The van der Waals surface area contributed by atoms with Gasteiger partial charge in [0.2, 0.25) is 0 Å². The quantitative estimate of drug-likeness (QED) is 0.235. The van der Waals surface area contributed by atoms with E-state index in [2.05, 4.69) is 10.3 Å². The van der Waals surface area contributed by atoms with Crippen LogP contribution in [0.3, 0.4) is 0 Å². The van der Waals surface area contributed by atoms with Crippen molar-refractivity contribution in [3.63, 3.8) is 0 Å². The Kier molecular flexibility index (Phi) is 6.85. The summed E-state index contributed by atoms with van der Waals surface area (Å²) in [5.41, 5.74) is 0.0175. The van der Waals surface area contributed by atoms with Gasteiger partial charge in [-0.2, -0.15) is 18.3 Å². The minimum atomic E-state index is -4.41. The molecule has 0 spiro atoms. The van der Waals surface area contributed by atoms with Crippen LogP contribution in [0.15, 0.2) is 66.0 Å². The Balaban J connectivity index is 1.68. The molecule has 10 heteroatoms. The van der Waals surface area contributed by atoms with E-state index in [1.807, 2.05) is 20.8 Å². The van der Waals surface area contributed by atoms with Gasteiger partial charge < -0.3 is 9.47 Å². The van der Waals surface area contributed by atoms with Gasteiger partial charge in [-0.3, -0.25) is 4.68 Å². The summed E-state index contributed by atoms with van der Waals surface area (Å²) in [4.78, 5) is 22.8. The second-order valence-electron chi connectivity index (χ2n) is 8.41. The average Bonchev–Trinajstić information content (AvgIpc) is 3.21. The van der Waals surface area contributed by atoms with Gasteiger partial charge in [-0.05, 0) is 47.6 Å². The molecule has 33 heavy (non-hydrogen) atoms. The van der Waals surface area contributed by atoms with E-state index in [0.29, 0.717) is 11.3 Å². The topological polar surface area (TPSA) is 82.8 Å². The summed E-state index contributed by atoms with van der Waals surface area (Å²) in [5.74, 6) is 0.198. The van der Waals surface area contributed by atoms with E-state index >= 15 is 0 Å². The number of halogens is 3. The minimum absolute atomic E-state index is 0.198. The first-order chi connectivity index (χ1) is 15.5. The van der Waals surface area contributed by atoms with Gasteiger partial charge in [0.25, 0.3) is 0 Å².